The van der Waals surface area contributed by atoms with Crippen molar-refractivity contribution in [2.45, 2.75) is 38.3 Å². The maximum atomic E-state index is 13.9. The Balaban J connectivity index is 1.15. The third kappa shape index (κ3) is 4.23. The smallest absolute Gasteiger partial charge is 0.251 e. The fraction of sp³-hybridized carbons (Fsp3) is 0.370. The van der Waals surface area contributed by atoms with E-state index in [1.807, 2.05) is 24.3 Å². The zero-order chi connectivity index (χ0) is 23.9. The predicted molar refractivity (Wildman–Crippen MR) is 135 cm³/mol. The topological polar surface area (TPSA) is 77.2 Å². The number of H-pyrrole nitrogens is 1. The van der Waals surface area contributed by atoms with Gasteiger partial charge >= 0.3 is 0 Å². The number of anilines is 1. The van der Waals surface area contributed by atoms with Crippen LogP contribution in [0.5, 0.6) is 0 Å². The molecule has 3 heterocycles. The molecule has 0 spiro atoms. The highest BCUT2D eigenvalue weighted by Gasteiger charge is 2.25. The van der Waals surface area contributed by atoms with Gasteiger partial charge in [-0.25, -0.2) is 9.37 Å². The van der Waals surface area contributed by atoms with Gasteiger partial charge in [0.05, 0.1) is 22.6 Å². The van der Waals surface area contributed by atoms with Crippen LogP contribution in [0.25, 0.3) is 21.9 Å². The van der Waals surface area contributed by atoms with Crippen molar-refractivity contribution >= 4 is 33.5 Å². The predicted octanol–water partition coefficient (Wildman–Crippen LogP) is 4.42. The number of pyridine rings is 1. The van der Waals surface area contributed by atoms with Crippen molar-refractivity contribution in [2.75, 3.05) is 31.1 Å². The van der Waals surface area contributed by atoms with Crippen molar-refractivity contribution in [3.8, 4) is 0 Å². The van der Waals surface area contributed by atoms with Crippen LogP contribution in [0.3, 0.4) is 0 Å². The largest absolute Gasteiger partial charge is 0.368 e. The molecule has 1 amide bonds. The summed E-state index contributed by atoms with van der Waals surface area (Å²) in [6.07, 6.45) is 5.12. The first kappa shape index (κ1) is 22.0. The van der Waals surface area contributed by atoms with E-state index < -0.39 is 0 Å². The number of hydrogen-bond donors (Lipinski definition) is 2. The normalized spacial score (nSPS) is 18.1. The first-order valence-electron chi connectivity index (χ1n) is 12.4. The Kier molecular flexibility index (Phi) is 5.60. The van der Waals surface area contributed by atoms with E-state index in [0.29, 0.717) is 11.6 Å². The maximum absolute atomic E-state index is 13.9. The minimum atomic E-state index is -0.243. The summed E-state index contributed by atoms with van der Waals surface area (Å²) in [4.78, 5) is 29.9. The number of piperazine rings is 1. The van der Waals surface area contributed by atoms with Crippen LogP contribution >= 0.6 is 0 Å². The number of halogens is 1. The molecule has 35 heavy (non-hydrogen) atoms. The summed E-state index contributed by atoms with van der Waals surface area (Å²) >= 11 is 0. The molecule has 2 fully saturated rings. The number of rotatable bonds is 5. The lowest BCUT2D eigenvalue weighted by Gasteiger charge is -2.38. The van der Waals surface area contributed by atoms with Crippen molar-refractivity contribution in [3.63, 3.8) is 0 Å². The molecule has 1 aliphatic heterocycles. The molecule has 0 bridgehead atoms. The number of amides is 1. The highest BCUT2D eigenvalue weighted by molar-refractivity contribution is 5.97. The molecule has 2 aliphatic rings. The van der Waals surface area contributed by atoms with Gasteiger partial charge in [0.15, 0.2) is 0 Å². The average Bonchev–Trinajstić information content (AvgIpc) is 3.29. The van der Waals surface area contributed by atoms with Gasteiger partial charge in [-0.05, 0) is 68.7 Å². The lowest BCUT2D eigenvalue weighted by Crippen LogP contribution is -2.47. The molecule has 1 aliphatic carbocycles. The summed E-state index contributed by atoms with van der Waals surface area (Å²) in [7, 11) is 0. The summed E-state index contributed by atoms with van der Waals surface area (Å²) in [5.41, 5.74) is 4.26. The van der Waals surface area contributed by atoms with Crippen LogP contribution in [0.2, 0.25) is 0 Å². The van der Waals surface area contributed by atoms with Crippen LogP contribution in [0.1, 0.15) is 48.4 Å². The van der Waals surface area contributed by atoms with Crippen molar-refractivity contribution in [1.82, 2.24) is 25.2 Å². The van der Waals surface area contributed by atoms with Gasteiger partial charge in [-0.2, -0.15) is 0 Å². The zero-order valence-corrected chi connectivity index (χ0v) is 19.8. The van der Waals surface area contributed by atoms with Crippen LogP contribution in [0, 0.1) is 5.82 Å². The summed E-state index contributed by atoms with van der Waals surface area (Å²) in [6, 6.07) is 12.8. The Morgan fingerprint density at radius 2 is 1.89 bits per heavy atom. The number of hydrogen-bond acceptors (Lipinski definition) is 5. The summed E-state index contributed by atoms with van der Waals surface area (Å²) < 4.78 is 13.9. The number of carbonyl (C=O) groups excluding carboxylic acids is 1. The molecule has 180 valence electrons. The molecule has 8 heteroatoms. The van der Waals surface area contributed by atoms with Crippen molar-refractivity contribution in [1.29, 1.82) is 0 Å². The Hall–Kier alpha value is -3.52. The van der Waals surface area contributed by atoms with E-state index >= 15 is 0 Å². The number of imidazole rings is 1. The van der Waals surface area contributed by atoms with Crippen LogP contribution in [-0.2, 0) is 0 Å². The van der Waals surface area contributed by atoms with E-state index in [1.54, 1.807) is 18.3 Å². The van der Waals surface area contributed by atoms with Crippen molar-refractivity contribution in [2.24, 2.45) is 0 Å². The number of nitrogens with zero attached hydrogens (tertiary/aromatic N) is 4. The highest BCUT2D eigenvalue weighted by Crippen LogP contribution is 2.29. The number of nitrogens with one attached hydrogen (secondary N) is 2. The summed E-state index contributed by atoms with van der Waals surface area (Å²) in [5.74, 6) is 0.648. The molecular formula is C27H29FN6O. The molecular weight excluding hydrogens is 443 g/mol. The Labute approximate surface area is 203 Å². The lowest BCUT2D eigenvalue weighted by molar-refractivity contribution is 0.0917. The van der Waals surface area contributed by atoms with Gasteiger partial charge in [0.1, 0.15) is 11.6 Å². The number of benzene rings is 2. The number of aromatic nitrogens is 3. The fourth-order valence-electron chi connectivity index (χ4n) is 5.09. The maximum Gasteiger partial charge on any atom is 0.251 e. The van der Waals surface area contributed by atoms with E-state index in [2.05, 4.69) is 32.0 Å². The Morgan fingerprint density at radius 3 is 2.66 bits per heavy atom. The zero-order valence-electron chi connectivity index (χ0n) is 19.8. The van der Waals surface area contributed by atoms with Gasteiger partial charge in [-0.15, -0.1) is 0 Å². The standard InChI is InChI=1S/C27H29FN6O/c1-17(26-31-23-7-5-18(15-24(23)32-26)27(35)30-20-3-2-4-20)33-11-13-34(14-12-33)25-9-10-29-22-8-6-19(28)16-21(22)25/h5-10,15-17,20H,2-4,11-14H2,1H3,(H,30,35)(H,31,32). The lowest BCUT2D eigenvalue weighted by atomic mass is 9.93. The molecule has 1 atom stereocenters. The first-order valence-corrected chi connectivity index (χ1v) is 12.4. The third-order valence-corrected chi connectivity index (χ3v) is 7.48. The monoisotopic (exact) mass is 472 g/mol. The van der Waals surface area contributed by atoms with Crippen LogP contribution < -0.4 is 10.2 Å². The molecule has 0 radical (unpaired) electrons. The average molecular weight is 473 g/mol. The quantitative estimate of drug-likeness (QED) is 0.450. The van der Waals surface area contributed by atoms with E-state index in [0.717, 1.165) is 72.5 Å². The number of fused-ring (bicyclic) bond motifs is 2. The van der Waals surface area contributed by atoms with Gasteiger partial charge < -0.3 is 15.2 Å². The fourth-order valence-corrected chi connectivity index (χ4v) is 5.09. The van der Waals surface area contributed by atoms with Gasteiger partial charge in [-0.3, -0.25) is 14.7 Å². The molecule has 2 N–H and O–H groups in total. The molecule has 6 rings (SSSR count). The van der Waals surface area contributed by atoms with E-state index in [-0.39, 0.29) is 17.8 Å². The molecule has 4 aromatic rings. The second-order valence-corrected chi connectivity index (χ2v) is 9.65. The highest BCUT2D eigenvalue weighted by atomic mass is 19.1. The Bertz CT molecular complexity index is 1390. The first-order chi connectivity index (χ1) is 17.0. The van der Waals surface area contributed by atoms with Crippen LogP contribution in [0.15, 0.2) is 48.7 Å². The van der Waals surface area contributed by atoms with Gasteiger partial charge in [-0.1, -0.05) is 0 Å². The summed E-state index contributed by atoms with van der Waals surface area (Å²) in [5, 5.41) is 3.95. The van der Waals surface area contributed by atoms with Crippen molar-refractivity contribution < 1.29 is 9.18 Å². The SMILES string of the molecule is CC(c1nc2ccc(C(=O)NC3CCC3)cc2[nH]1)N1CCN(c2ccnc3ccc(F)cc23)CC1. The third-order valence-electron chi connectivity index (χ3n) is 7.48. The molecule has 2 aromatic heterocycles. The van der Waals surface area contributed by atoms with Gasteiger partial charge in [0.25, 0.3) is 5.91 Å². The van der Waals surface area contributed by atoms with Crippen LogP contribution in [0.4, 0.5) is 10.1 Å². The molecule has 1 unspecified atom stereocenters. The van der Waals surface area contributed by atoms with Crippen LogP contribution in [-0.4, -0.2) is 58.0 Å². The van der Waals surface area contributed by atoms with Gasteiger partial charge in [0.2, 0.25) is 0 Å². The van der Waals surface area contributed by atoms with Gasteiger partial charge in [0, 0.05) is 55.1 Å². The number of carbonyl (C=O) groups is 1. The van der Waals surface area contributed by atoms with Crippen molar-refractivity contribution in [3.05, 3.63) is 65.9 Å². The minimum Gasteiger partial charge on any atom is -0.368 e. The second kappa shape index (κ2) is 8.92. The van der Waals surface area contributed by atoms with E-state index in [1.165, 1.54) is 12.5 Å². The molecule has 7 nitrogen and oxygen atoms in total. The summed E-state index contributed by atoms with van der Waals surface area (Å²) in [6.45, 7) is 5.57. The minimum absolute atomic E-state index is 0.0135. The molecule has 1 saturated heterocycles. The number of aromatic amines is 1. The Morgan fingerprint density at radius 1 is 1.09 bits per heavy atom. The van der Waals surface area contributed by atoms with E-state index in [9.17, 15) is 9.18 Å². The molecule has 2 aromatic carbocycles. The van der Waals surface area contributed by atoms with E-state index in [4.69, 9.17) is 4.98 Å². The molecule has 1 saturated carbocycles. The second-order valence-electron chi connectivity index (χ2n) is 9.65.